The summed E-state index contributed by atoms with van der Waals surface area (Å²) in [5.74, 6) is 4.89. The number of ether oxygens (including phenoxy) is 1. The zero-order valence-electron chi connectivity index (χ0n) is 10.5. The van der Waals surface area contributed by atoms with Gasteiger partial charge in [0.25, 0.3) is 5.91 Å². The molecule has 2 rings (SSSR count). The maximum Gasteiger partial charge on any atom is 0.251 e. The molecule has 19 heavy (non-hydrogen) atoms. The number of rotatable bonds is 1. The van der Waals surface area contributed by atoms with E-state index in [1.807, 2.05) is 30.3 Å². The molecule has 1 aromatic rings. The minimum atomic E-state index is -0.233. The molecule has 0 aliphatic carbocycles. The average Bonchev–Trinajstić information content (AvgIpc) is 2.47. The van der Waals surface area contributed by atoms with Crippen molar-refractivity contribution in [2.24, 2.45) is 0 Å². The molecule has 1 heterocycles. The van der Waals surface area contributed by atoms with Crippen LogP contribution in [-0.4, -0.2) is 42.2 Å². The third kappa shape index (κ3) is 4.16. The average molecular weight is 257 g/mol. The van der Waals surface area contributed by atoms with E-state index < -0.39 is 0 Å². The molecule has 0 atom stereocenters. The maximum atomic E-state index is 11.8. The van der Waals surface area contributed by atoms with E-state index >= 15 is 0 Å². The summed E-state index contributed by atoms with van der Waals surface area (Å²) in [4.78, 5) is 13.4. The first-order valence-electron chi connectivity index (χ1n) is 6.10. The van der Waals surface area contributed by atoms with Crippen molar-refractivity contribution in [3.63, 3.8) is 0 Å². The van der Waals surface area contributed by atoms with E-state index in [2.05, 4.69) is 11.8 Å². The summed E-state index contributed by atoms with van der Waals surface area (Å²) in [6.07, 6.45) is 1.15. The molecule has 4 nitrogen and oxygen atoms in total. The lowest BCUT2D eigenvalue weighted by Gasteiger charge is -2.25. The summed E-state index contributed by atoms with van der Waals surface area (Å²) in [7, 11) is 0. The van der Waals surface area contributed by atoms with E-state index in [0.717, 1.165) is 11.6 Å². The molecular weight excluding hydrogens is 242 g/mol. The third-order valence-corrected chi connectivity index (χ3v) is 2.69. The van der Waals surface area contributed by atoms with Crippen molar-refractivity contribution in [3.05, 3.63) is 47.7 Å². The molecule has 0 radical (unpaired) electrons. The smallest absolute Gasteiger partial charge is 0.251 e. The summed E-state index contributed by atoms with van der Waals surface area (Å²) >= 11 is 0. The number of benzene rings is 1. The lowest BCUT2D eigenvalue weighted by molar-refractivity contribution is -0.130. The highest BCUT2D eigenvalue weighted by molar-refractivity contribution is 5.88. The Bertz CT molecular complexity index is 519. The Morgan fingerprint density at radius 2 is 1.95 bits per heavy atom. The number of hydrogen-bond donors (Lipinski definition) is 1. The van der Waals surface area contributed by atoms with Crippen LogP contribution in [0.15, 0.2) is 42.2 Å². The van der Waals surface area contributed by atoms with Crippen molar-refractivity contribution < 1.29 is 14.6 Å². The van der Waals surface area contributed by atoms with Gasteiger partial charge in [-0.05, 0) is 18.1 Å². The van der Waals surface area contributed by atoms with Gasteiger partial charge in [-0.25, -0.2) is 0 Å². The van der Waals surface area contributed by atoms with Crippen LogP contribution in [0.25, 0.3) is 0 Å². The molecular formula is C15H15NO3. The maximum absolute atomic E-state index is 11.8. The number of morpholine rings is 1. The number of carbonyl (C=O) groups is 1. The Morgan fingerprint density at radius 3 is 2.63 bits per heavy atom. The lowest BCUT2D eigenvalue weighted by Crippen LogP contribution is -2.39. The van der Waals surface area contributed by atoms with Crippen molar-refractivity contribution in [2.45, 2.75) is 0 Å². The molecule has 0 unspecified atom stereocenters. The van der Waals surface area contributed by atoms with Crippen LogP contribution in [0.5, 0.6) is 0 Å². The van der Waals surface area contributed by atoms with Gasteiger partial charge in [0.1, 0.15) is 0 Å². The van der Waals surface area contributed by atoms with Crippen LogP contribution in [0.2, 0.25) is 0 Å². The topological polar surface area (TPSA) is 49.8 Å². The molecule has 0 spiro atoms. The van der Waals surface area contributed by atoms with E-state index in [4.69, 9.17) is 4.74 Å². The molecule has 0 bridgehead atoms. The van der Waals surface area contributed by atoms with Crippen LogP contribution < -0.4 is 0 Å². The van der Waals surface area contributed by atoms with Gasteiger partial charge >= 0.3 is 0 Å². The van der Waals surface area contributed by atoms with Crippen LogP contribution >= 0.6 is 0 Å². The molecule has 1 amide bonds. The Labute approximate surface area is 112 Å². The van der Waals surface area contributed by atoms with Gasteiger partial charge in [0.05, 0.1) is 19.3 Å². The number of hydrogen-bond acceptors (Lipinski definition) is 3. The molecule has 1 aromatic carbocycles. The molecule has 1 N–H and O–H groups in total. The van der Waals surface area contributed by atoms with Crippen LogP contribution in [0.3, 0.4) is 0 Å². The Hall–Kier alpha value is -2.25. The van der Waals surface area contributed by atoms with Gasteiger partial charge in [0, 0.05) is 18.7 Å². The molecule has 1 fully saturated rings. The number of amides is 1. The molecule has 1 aliphatic heterocycles. The number of aliphatic hydroxyl groups excluding tert-OH is 1. The molecule has 0 saturated carbocycles. The normalized spacial score (nSPS) is 15.6. The lowest BCUT2D eigenvalue weighted by atomic mass is 10.2. The van der Waals surface area contributed by atoms with Crippen molar-refractivity contribution >= 4 is 5.91 Å². The zero-order chi connectivity index (χ0) is 13.5. The summed E-state index contributed by atoms with van der Waals surface area (Å²) in [6, 6.07) is 9.30. The number of nitrogens with zero attached hydrogens (tertiary/aromatic N) is 1. The predicted molar refractivity (Wildman–Crippen MR) is 71.4 cm³/mol. The third-order valence-electron chi connectivity index (χ3n) is 2.69. The highest BCUT2D eigenvalue weighted by Crippen LogP contribution is 2.00. The van der Waals surface area contributed by atoms with E-state index in [-0.39, 0.29) is 11.7 Å². The summed E-state index contributed by atoms with van der Waals surface area (Å²) < 4.78 is 5.16. The minimum absolute atomic E-state index is 0.222. The minimum Gasteiger partial charge on any atom is -0.501 e. The second-order valence-corrected chi connectivity index (χ2v) is 4.08. The van der Waals surface area contributed by atoms with Gasteiger partial charge in [0.2, 0.25) is 0 Å². The van der Waals surface area contributed by atoms with Crippen LogP contribution in [0, 0.1) is 11.8 Å². The van der Waals surface area contributed by atoms with E-state index in [1.165, 1.54) is 0 Å². The Balaban J connectivity index is 1.99. The number of allylic oxidation sites excluding steroid dienone is 1. The van der Waals surface area contributed by atoms with Crippen molar-refractivity contribution in [1.82, 2.24) is 4.90 Å². The first-order valence-corrected chi connectivity index (χ1v) is 6.10. The molecule has 0 aromatic heterocycles. The Kier molecular flexibility index (Phi) is 4.60. The molecule has 1 aliphatic rings. The fraction of sp³-hybridized carbons (Fsp3) is 0.267. The van der Waals surface area contributed by atoms with Crippen molar-refractivity contribution in [3.8, 4) is 11.8 Å². The van der Waals surface area contributed by atoms with Gasteiger partial charge in [-0.2, -0.15) is 0 Å². The monoisotopic (exact) mass is 257 g/mol. The fourth-order valence-electron chi connectivity index (χ4n) is 1.69. The van der Waals surface area contributed by atoms with Crippen LogP contribution in [-0.2, 0) is 9.53 Å². The Morgan fingerprint density at radius 1 is 1.26 bits per heavy atom. The molecule has 1 saturated heterocycles. The number of aliphatic hydroxyl groups is 1. The zero-order valence-corrected chi connectivity index (χ0v) is 10.5. The number of carbonyl (C=O) groups excluding carboxylic acids is 1. The summed E-state index contributed by atoms with van der Waals surface area (Å²) in [5, 5.41) is 9.62. The van der Waals surface area contributed by atoms with Crippen LogP contribution in [0.4, 0.5) is 0 Å². The second-order valence-electron chi connectivity index (χ2n) is 4.08. The quantitative estimate of drug-likeness (QED) is 0.469. The van der Waals surface area contributed by atoms with Gasteiger partial charge in [-0.3, -0.25) is 4.79 Å². The molecule has 4 heteroatoms. The second kappa shape index (κ2) is 6.62. The highest BCUT2D eigenvalue weighted by Gasteiger charge is 2.14. The van der Waals surface area contributed by atoms with Gasteiger partial charge in [0.15, 0.2) is 5.76 Å². The predicted octanol–water partition coefficient (Wildman–Crippen LogP) is 1.34. The first kappa shape index (κ1) is 13.2. The van der Waals surface area contributed by atoms with E-state index in [0.29, 0.717) is 26.3 Å². The summed E-state index contributed by atoms with van der Waals surface area (Å²) in [5.41, 5.74) is 0.793. The highest BCUT2D eigenvalue weighted by atomic mass is 16.5. The van der Waals surface area contributed by atoms with Gasteiger partial charge < -0.3 is 14.7 Å². The van der Waals surface area contributed by atoms with Crippen molar-refractivity contribution in [1.29, 1.82) is 0 Å². The first-order chi connectivity index (χ1) is 9.25. The fourth-order valence-corrected chi connectivity index (χ4v) is 1.69. The summed E-state index contributed by atoms with van der Waals surface area (Å²) in [6.45, 7) is 2.18. The molecule has 98 valence electrons. The SMILES string of the molecule is O=C(/C=C(\O)C#Cc1ccccc1)N1CCOCC1. The van der Waals surface area contributed by atoms with Crippen LogP contribution in [0.1, 0.15) is 5.56 Å². The van der Waals surface area contributed by atoms with Gasteiger partial charge in [-0.15, -0.1) is 0 Å². The van der Waals surface area contributed by atoms with Gasteiger partial charge in [-0.1, -0.05) is 24.1 Å². The standard InChI is InChI=1S/C15H15NO3/c17-14(7-6-13-4-2-1-3-5-13)12-15(18)16-8-10-19-11-9-16/h1-5,12,17H,8-11H2/b14-12-. The van der Waals surface area contributed by atoms with Crippen molar-refractivity contribution in [2.75, 3.05) is 26.3 Å². The largest absolute Gasteiger partial charge is 0.501 e. The van der Waals surface area contributed by atoms with E-state index in [1.54, 1.807) is 4.90 Å². The van der Waals surface area contributed by atoms with E-state index in [9.17, 15) is 9.90 Å².